The highest BCUT2D eigenvalue weighted by Crippen LogP contribution is 2.29. The fraction of sp³-hybridized carbons (Fsp3) is 0. The van der Waals surface area contributed by atoms with E-state index in [1.54, 1.807) is 0 Å². The van der Waals surface area contributed by atoms with E-state index in [9.17, 15) is 20.2 Å². The predicted octanol–water partition coefficient (Wildman–Crippen LogP) is 2.52. The van der Waals surface area contributed by atoms with Crippen LogP contribution in [0.25, 0.3) is 16.9 Å². The van der Waals surface area contributed by atoms with E-state index in [1.807, 2.05) is 30.3 Å². The fourth-order valence-electron chi connectivity index (χ4n) is 2.56. The summed E-state index contributed by atoms with van der Waals surface area (Å²) >= 11 is 4.70. The molecule has 3 N–H and O–H groups in total. The Morgan fingerprint density at radius 2 is 1.90 bits per heavy atom. The van der Waals surface area contributed by atoms with Crippen LogP contribution >= 0.6 is 12.2 Å². The summed E-state index contributed by atoms with van der Waals surface area (Å²) in [4.78, 5) is 21.0. The molecule has 146 valence electrons. The Morgan fingerprint density at radius 3 is 2.52 bits per heavy atom. The Morgan fingerprint density at radius 1 is 1.17 bits per heavy atom. The van der Waals surface area contributed by atoms with Crippen LogP contribution in [0.1, 0.15) is 5.56 Å². The van der Waals surface area contributed by atoms with Crippen LogP contribution in [0.3, 0.4) is 0 Å². The van der Waals surface area contributed by atoms with E-state index in [4.69, 9.17) is 18.0 Å². The van der Waals surface area contributed by atoms with Crippen LogP contribution in [0, 0.1) is 20.2 Å². The van der Waals surface area contributed by atoms with Crippen molar-refractivity contribution in [2.45, 2.75) is 0 Å². The van der Waals surface area contributed by atoms with Gasteiger partial charge < -0.3 is 5.73 Å². The Kier molecular flexibility index (Phi) is 5.55. The predicted molar refractivity (Wildman–Crippen MR) is 110 cm³/mol. The van der Waals surface area contributed by atoms with Gasteiger partial charge in [-0.05, 0) is 18.3 Å². The first kappa shape index (κ1) is 19.6. The third-order valence-electron chi connectivity index (χ3n) is 3.78. The van der Waals surface area contributed by atoms with E-state index in [1.165, 1.54) is 29.2 Å². The minimum atomic E-state index is -0.700. The van der Waals surface area contributed by atoms with Crippen molar-refractivity contribution >= 4 is 34.9 Å². The maximum atomic E-state index is 11.5. The van der Waals surface area contributed by atoms with Gasteiger partial charge in [0.1, 0.15) is 11.4 Å². The minimum Gasteiger partial charge on any atom is -0.375 e. The first-order valence-corrected chi connectivity index (χ1v) is 8.44. The van der Waals surface area contributed by atoms with Crippen LogP contribution in [-0.2, 0) is 0 Å². The minimum absolute atomic E-state index is 0.0269. The fourth-order valence-corrected chi connectivity index (χ4v) is 2.61. The number of aromatic nitrogens is 2. The number of benzene rings is 2. The summed E-state index contributed by atoms with van der Waals surface area (Å²) in [5, 5.41) is 30.7. The molecule has 0 radical (unpaired) electrons. The molecule has 0 fully saturated rings. The van der Waals surface area contributed by atoms with Gasteiger partial charge in [0.25, 0.3) is 5.69 Å². The van der Waals surface area contributed by atoms with Gasteiger partial charge >= 0.3 is 5.69 Å². The standard InChI is InChI=1S/C17H13N7O4S/c18-17(29)20-19-9-12-10-22(21-16(12)11-4-2-1-3-5-11)14-7-6-13(23(25)26)8-15(14)24(27)28/h1-10H,(H3,18,20,29). The molecule has 29 heavy (non-hydrogen) atoms. The summed E-state index contributed by atoms with van der Waals surface area (Å²) in [6.45, 7) is 0. The van der Waals surface area contributed by atoms with E-state index in [0.29, 0.717) is 11.3 Å². The van der Waals surface area contributed by atoms with E-state index in [-0.39, 0.29) is 10.8 Å². The smallest absolute Gasteiger partial charge is 0.301 e. The zero-order valence-corrected chi connectivity index (χ0v) is 15.4. The topological polar surface area (TPSA) is 155 Å². The highest BCUT2D eigenvalue weighted by molar-refractivity contribution is 7.80. The van der Waals surface area contributed by atoms with E-state index in [0.717, 1.165) is 11.6 Å². The van der Waals surface area contributed by atoms with Gasteiger partial charge in [-0.2, -0.15) is 10.2 Å². The quantitative estimate of drug-likeness (QED) is 0.271. The average molecular weight is 411 g/mol. The lowest BCUT2D eigenvalue weighted by molar-refractivity contribution is -0.394. The molecular formula is C17H13N7O4S. The molecule has 0 atom stereocenters. The molecule has 3 rings (SSSR count). The first-order chi connectivity index (χ1) is 13.9. The molecule has 0 spiro atoms. The Hall–Kier alpha value is -4.19. The molecule has 0 bridgehead atoms. The van der Waals surface area contributed by atoms with Crippen LogP contribution < -0.4 is 11.2 Å². The van der Waals surface area contributed by atoms with Crippen molar-refractivity contribution in [3.63, 3.8) is 0 Å². The summed E-state index contributed by atoms with van der Waals surface area (Å²) in [6.07, 6.45) is 2.93. The van der Waals surface area contributed by atoms with E-state index >= 15 is 0 Å². The molecule has 1 heterocycles. The number of thiocarbonyl (C=S) groups is 1. The van der Waals surface area contributed by atoms with Gasteiger partial charge in [0, 0.05) is 23.4 Å². The highest BCUT2D eigenvalue weighted by atomic mass is 32.1. The van der Waals surface area contributed by atoms with Crippen LogP contribution in [0.2, 0.25) is 0 Å². The van der Waals surface area contributed by atoms with Crippen LogP contribution in [0.15, 0.2) is 59.8 Å². The Labute approximate surface area is 168 Å². The van der Waals surface area contributed by atoms with Crippen molar-refractivity contribution < 1.29 is 9.85 Å². The van der Waals surface area contributed by atoms with Gasteiger partial charge in [0.2, 0.25) is 0 Å². The van der Waals surface area contributed by atoms with Crippen molar-refractivity contribution in [3.05, 3.63) is 80.5 Å². The van der Waals surface area contributed by atoms with Crippen molar-refractivity contribution in [1.82, 2.24) is 15.2 Å². The summed E-state index contributed by atoms with van der Waals surface area (Å²) in [6, 6.07) is 12.4. The Balaban J connectivity index is 2.15. The van der Waals surface area contributed by atoms with E-state index in [2.05, 4.69) is 15.6 Å². The number of hydrogen-bond donors (Lipinski definition) is 2. The summed E-state index contributed by atoms with van der Waals surface area (Å²) in [5.41, 5.74) is 8.76. The number of nitro benzene ring substituents is 2. The maximum absolute atomic E-state index is 11.5. The maximum Gasteiger partial charge on any atom is 0.301 e. The molecule has 0 amide bonds. The van der Waals surface area contributed by atoms with Crippen LogP contribution in [-0.4, -0.2) is 31.0 Å². The lowest BCUT2D eigenvalue weighted by Crippen LogP contribution is -2.24. The number of nitrogens with zero attached hydrogens (tertiary/aromatic N) is 5. The van der Waals surface area contributed by atoms with Crippen molar-refractivity contribution in [2.24, 2.45) is 10.8 Å². The lowest BCUT2D eigenvalue weighted by Gasteiger charge is -2.03. The van der Waals surface area contributed by atoms with Gasteiger partial charge in [0.05, 0.1) is 22.1 Å². The zero-order chi connectivity index (χ0) is 21.0. The monoisotopic (exact) mass is 411 g/mol. The number of nitrogens with one attached hydrogen (secondary N) is 1. The number of non-ortho nitro benzene ring substituents is 1. The molecular weight excluding hydrogens is 398 g/mol. The van der Waals surface area contributed by atoms with Gasteiger partial charge in [-0.25, -0.2) is 4.68 Å². The zero-order valence-electron chi connectivity index (χ0n) is 14.6. The third-order valence-corrected chi connectivity index (χ3v) is 3.87. The molecule has 0 aliphatic carbocycles. The first-order valence-electron chi connectivity index (χ1n) is 8.03. The van der Waals surface area contributed by atoms with Crippen molar-refractivity contribution in [2.75, 3.05) is 0 Å². The molecule has 0 saturated heterocycles. The SMILES string of the molecule is NC(=S)NN=Cc1cn(-c2ccc([N+](=O)[O-])cc2[N+](=O)[O-])nc1-c1ccccc1. The summed E-state index contributed by atoms with van der Waals surface area (Å²) < 4.78 is 1.27. The molecule has 12 heteroatoms. The number of nitrogens with two attached hydrogens (primary N) is 1. The van der Waals surface area contributed by atoms with Crippen LogP contribution in [0.4, 0.5) is 11.4 Å². The number of rotatable bonds is 6. The molecule has 0 aliphatic heterocycles. The van der Waals surface area contributed by atoms with Crippen LogP contribution in [0.5, 0.6) is 0 Å². The third kappa shape index (κ3) is 4.39. The van der Waals surface area contributed by atoms with Crippen molar-refractivity contribution in [1.29, 1.82) is 0 Å². The number of nitro groups is 2. The highest BCUT2D eigenvalue weighted by Gasteiger charge is 2.22. The average Bonchev–Trinajstić information content (AvgIpc) is 3.11. The van der Waals surface area contributed by atoms with Gasteiger partial charge in [-0.15, -0.1) is 0 Å². The summed E-state index contributed by atoms with van der Waals surface area (Å²) in [7, 11) is 0. The van der Waals surface area contributed by atoms with Gasteiger partial charge in [0.15, 0.2) is 5.11 Å². The van der Waals surface area contributed by atoms with E-state index < -0.39 is 21.2 Å². The molecule has 11 nitrogen and oxygen atoms in total. The van der Waals surface area contributed by atoms with Gasteiger partial charge in [-0.1, -0.05) is 30.3 Å². The molecule has 3 aromatic rings. The molecule has 1 aromatic heterocycles. The second-order valence-electron chi connectivity index (χ2n) is 5.67. The molecule has 0 aliphatic rings. The number of hydrazone groups is 1. The van der Waals surface area contributed by atoms with Gasteiger partial charge in [-0.3, -0.25) is 25.7 Å². The normalized spacial score (nSPS) is 10.8. The molecule has 2 aromatic carbocycles. The molecule has 0 saturated carbocycles. The Bertz CT molecular complexity index is 1130. The summed E-state index contributed by atoms with van der Waals surface area (Å²) in [5.74, 6) is 0. The molecule has 0 unspecified atom stereocenters. The van der Waals surface area contributed by atoms with Crippen molar-refractivity contribution in [3.8, 4) is 16.9 Å². The lowest BCUT2D eigenvalue weighted by atomic mass is 10.1. The second-order valence-corrected chi connectivity index (χ2v) is 6.10. The largest absolute Gasteiger partial charge is 0.375 e. The number of hydrogen-bond acceptors (Lipinski definition) is 7. The second kappa shape index (κ2) is 8.22.